The van der Waals surface area contributed by atoms with E-state index in [1.54, 1.807) is 26.2 Å². The van der Waals surface area contributed by atoms with Crippen molar-refractivity contribution < 1.29 is 23.1 Å². The maximum absolute atomic E-state index is 13.7. The summed E-state index contributed by atoms with van der Waals surface area (Å²) in [6, 6.07) is 10.2. The lowest BCUT2D eigenvalue weighted by Gasteiger charge is -2.05. The summed E-state index contributed by atoms with van der Waals surface area (Å²) in [4.78, 5) is 29.3. The first kappa shape index (κ1) is 21.4. The van der Waals surface area contributed by atoms with Crippen LogP contribution in [0.3, 0.4) is 0 Å². The van der Waals surface area contributed by atoms with Crippen molar-refractivity contribution in [2.24, 2.45) is 0 Å². The third kappa shape index (κ3) is 5.38. The Balaban J connectivity index is 1.59. The SMILES string of the molecule is COc1ccc(CNC(=O)c2sc(CC(=O)Nc3ccc(F)cc3F)nc2C)cc1. The fourth-order valence-electron chi connectivity index (χ4n) is 2.67. The van der Waals surface area contributed by atoms with Gasteiger partial charge >= 0.3 is 0 Å². The molecule has 6 nitrogen and oxygen atoms in total. The first-order valence-corrected chi connectivity index (χ1v) is 9.79. The number of benzene rings is 2. The van der Waals surface area contributed by atoms with Crippen LogP contribution >= 0.6 is 11.3 Å². The van der Waals surface area contributed by atoms with Crippen LogP contribution in [0.1, 0.15) is 25.9 Å². The van der Waals surface area contributed by atoms with Gasteiger partial charge < -0.3 is 15.4 Å². The number of aryl methyl sites for hydroxylation is 1. The molecule has 156 valence electrons. The molecular formula is C21H19F2N3O3S. The van der Waals surface area contributed by atoms with Crippen LogP contribution in [0.4, 0.5) is 14.5 Å². The van der Waals surface area contributed by atoms with E-state index in [4.69, 9.17) is 4.74 Å². The molecule has 1 heterocycles. The van der Waals surface area contributed by atoms with Crippen molar-refractivity contribution in [3.05, 3.63) is 75.2 Å². The van der Waals surface area contributed by atoms with E-state index in [1.165, 1.54) is 0 Å². The van der Waals surface area contributed by atoms with Crippen molar-refractivity contribution in [2.75, 3.05) is 12.4 Å². The molecule has 9 heteroatoms. The highest BCUT2D eigenvalue weighted by Gasteiger charge is 2.17. The van der Waals surface area contributed by atoms with Crippen LogP contribution in [-0.4, -0.2) is 23.9 Å². The Kier molecular flexibility index (Phi) is 6.73. The minimum absolute atomic E-state index is 0.118. The number of nitrogens with zero attached hydrogens (tertiary/aromatic N) is 1. The molecule has 3 rings (SSSR count). The van der Waals surface area contributed by atoms with Crippen molar-refractivity contribution in [3.8, 4) is 5.75 Å². The van der Waals surface area contributed by atoms with Crippen LogP contribution in [0.5, 0.6) is 5.75 Å². The molecule has 2 N–H and O–H groups in total. The number of carbonyl (C=O) groups is 2. The fourth-order valence-corrected chi connectivity index (χ4v) is 3.65. The third-order valence-corrected chi connectivity index (χ3v) is 5.33. The quantitative estimate of drug-likeness (QED) is 0.596. The largest absolute Gasteiger partial charge is 0.497 e. The van der Waals surface area contributed by atoms with E-state index in [1.807, 2.05) is 12.1 Å². The summed E-state index contributed by atoms with van der Waals surface area (Å²) in [6.07, 6.45) is -0.131. The van der Waals surface area contributed by atoms with E-state index >= 15 is 0 Å². The van der Waals surface area contributed by atoms with Crippen LogP contribution in [0.15, 0.2) is 42.5 Å². The summed E-state index contributed by atoms with van der Waals surface area (Å²) in [5, 5.41) is 5.61. The highest BCUT2D eigenvalue weighted by Crippen LogP contribution is 2.20. The summed E-state index contributed by atoms with van der Waals surface area (Å²) >= 11 is 1.10. The number of halogens is 2. The summed E-state index contributed by atoms with van der Waals surface area (Å²) < 4.78 is 31.7. The number of methoxy groups -OCH3 is 1. The van der Waals surface area contributed by atoms with E-state index in [0.29, 0.717) is 28.2 Å². The summed E-state index contributed by atoms with van der Waals surface area (Å²) in [7, 11) is 1.58. The summed E-state index contributed by atoms with van der Waals surface area (Å²) in [6.45, 7) is 2.01. The molecular weight excluding hydrogens is 412 g/mol. The molecule has 0 saturated heterocycles. The molecule has 0 atom stereocenters. The molecule has 1 aromatic heterocycles. The molecule has 0 saturated carbocycles. The van der Waals surface area contributed by atoms with Crippen molar-refractivity contribution in [1.82, 2.24) is 10.3 Å². The smallest absolute Gasteiger partial charge is 0.263 e. The van der Waals surface area contributed by atoms with Crippen LogP contribution in [0.25, 0.3) is 0 Å². The molecule has 3 aromatic rings. The van der Waals surface area contributed by atoms with Crippen LogP contribution in [-0.2, 0) is 17.8 Å². The molecule has 0 bridgehead atoms. The number of carbonyl (C=O) groups excluding carboxylic acids is 2. The van der Waals surface area contributed by atoms with Gasteiger partial charge in [0.2, 0.25) is 5.91 Å². The maximum atomic E-state index is 13.7. The molecule has 0 spiro atoms. The summed E-state index contributed by atoms with van der Waals surface area (Å²) in [5.74, 6) is -1.67. The molecule has 2 amide bonds. The Morgan fingerprint density at radius 1 is 1.13 bits per heavy atom. The first-order chi connectivity index (χ1) is 14.4. The van der Waals surface area contributed by atoms with Gasteiger partial charge in [0.15, 0.2) is 0 Å². The van der Waals surface area contributed by atoms with E-state index in [-0.39, 0.29) is 18.0 Å². The van der Waals surface area contributed by atoms with Gasteiger partial charge in [0.05, 0.1) is 24.9 Å². The average Bonchev–Trinajstić information content (AvgIpc) is 3.08. The number of ether oxygens (including phenoxy) is 1. The van der Waals surface area contributed by atoms with Gasteiger partial charge in [-0.15, -0.1) is 11.3 Å². The second kappa shape index (κ2) is 9.45. The van der Waals surface area contributed by atoms with Crippen molar-refractivity contribution in [3.63, 3.8) is 0 Å². The number of aromatic nitrogens is 1. The number of hydrogen-bond donors (Lipinski definition) is 2. The number of nitrogens with one attached hydrogen (secondary N) is 2. The van der Waals surface area contributed by atoms with Gasteiger partial charge in [0.25, 0.3) is 5.91 Å². The van der Waals surface area contributed by atoms with Crippen molar-refractivity contribution in [1.29, 1.82) is 0 Å². The Morgan fingerprint density at radius 3 is 2.53 bits per heavy atom. The third-order valence-electron chi connectivity index (χ3n) is 4.18. The summed E-state index contributed by atoms with van der Waals surface area (Å²) in [5.41, 5.74) is 1.29. The second-order valence-corrected chi connectivity index (χ2v) is 7.49. The number of thiazole rings is 1. The Labute approximate surface area is 175 Å². The van der Waals surface area contributed by atoms with Crippen molar-refractivity contribution >= 4 is 28.8 Å². The highest BCUT2D eigenvalue weighted by atomic mass is 32.1. The molecule has 0 fully saturated rings. The zero-order chi connectivity index (χ0) is 21.7. The minimum Gasteiger partial charge on any atom is -0.497 e. The lowest BCUT2D eigenvalue weighted by atomic mass is 10.2. The maximum Gasteiger partial charge on any atom is 0.263 e. The van der Waals surface area contributed by atoms with E-state index < -0.39 is 17.5 Å². The molecule has 0 unspecified atom stereocenters. The molecule has 0 aliphatic carbocycles. The van der Waals surface area contributed by atoms with Crippen LogP contribution in [0.2, 0.25) is 0 Å². The predicted molar refractivity (Wildman–Crippen MR) is 110 cm³/mol. The monoisotopic (exact) mass is 431 g/mol. The molecule has 30 heavy (non-hydrogen) atoms. The standard InChI is InChI=1S/C21H19F2N3O3S/c1-12-20(21(28)24-11-13-3-6-15(29-2)7-4-13)30-19(25-12)10-18(27)26-17-8-5-14(22)9-16(17)23/h3-9H,10-11H2,1-2H3,(H,24,28)(H,26,27). The van der Waals surface area contributed by atoms with Gasteiger partial charge in [0, 0.05) is 12.6 Å². The number of rotatable bonds is 7. The van der Waals surface area contributed by atoms with Gasteiger partial charge in [-0.1, -0.05) is 12.1 Å². The van der Waals surface area contributed by atoms with E-state index in [9.17, 15) is 18.4 Å². The molecule has 0 aliphatic heterocycles. The lowest BCUT2D eigenvalue weighted by molar-refractivity contribution is -0.115. The first-order valence-electron chi connectivity index (χ1n) is 8.98. The van der Waals surface area contributed by atoms with Gasteiger partial charge in [-0.25, -0.2) is 13.8 Å². The van der Waals surface area contributed by atoms with Crippen molar-refractivity contribution in [2.45, 2.75) is 19.9 Å². The normalized spacial score (nSPS) is 10.5. The van der Waals surface area contributed by atoms with Gasteiger partial charge in [0.1, 0.15) is 27.3 Å². The fraction of sp³-hybridized carbons (Fsp3) is 0.190. The number of amides is 2. The predicted octanol–water partition coefficient (Wildman–Crippen LogP) is 3.85. The van der Waals surface area contributed by atoms with Crippen LogP contribution < -0.4 is 15.4 Å². The second-order valence-electron chi connectivity index (χ2n) is 6.40. The van der Waals surface area contributed by atoms with E-state index in [2.05, 4.69) is 15.6 Å². The minimum atomic E-state index is -0.864. The zero-order valence-corrected chi connectivity index (χ0v) is 17.1. The molecule has 0 aliphatic rings. The van der Waals surface area contributed by atoms with Crippen LogP contribution in [0, 0.1) is 18.6 Å². The lowest BCUT2D eigenvalue weighted by Crippen LogP contribution is -2.22. The Morgan fingerprint density at radius 2 is 1.87 bits per heavy atom. The Hall–Kier alpha value is -3.33. The zero-order valence-electron chi connectivity index (χ0n) is 16.3. The topological polar surface area (TPSA) is 80.3 Å². The van der Waals surface area contributed by atoms with Gasteiger partial charge in [-0.05, 0) is 36.8 Å². The average molecular weight is 431 g/mol. The van der Waals surface area contributed by atoms with E-state index in [0.717, 1.165) is 34.8 Å². The van der Waals surface area contributed by atoms with Gasteiger partial charge in [-0.2, -0.15) is 0 Å². The molecule has 2 aromatic carbocycles. The Bertz CT molecular complexity index is 1070. The van der Waals surface area contributed by atoms with Gasteiger partial charge in [-0.3, -0.25) is 9.59 Å². The number of hydrogen-bond acceptors (Lipinski definition) is 5. The highest BCUT2D eigenvalue weighted by molar-refractivity contribution is 7.13. The molecule has 0 radical (unpaired) electrons. The number of anilines is 1.